The minimum Gasteiger partial charge on any atom is -0.508 e. The fourth-order valence-electron chi connectivity index (χ4n) is 11.2. The van der Waals surface area contributed by atoms with Crippen LogP contribution < -0.4 is 10.6 Å². The molecular formula is C48H52N2O5. The number of nitrogens with one attached hydrogen (secondary N) is 2. The van der Waals surface area contributed by atoms with Gasteiger partial charge in [-0.1, -0.05) is 73.7 Å². The third-order valence-corrected chi connectivity index (χ3v) is 13.7. The Kier molecular flexibility index (Phi) is 9.63. The summed E-state index contributed by atoms with van der Waals surface area (Å²) in [5.74, 6) is 1.69. The first-order valence-electron chi connectivity index (χ1n) is 20.6. The highest BCUT2D eigenvalue weighted by atomic mass is 16.5. The number of cyclic esters (lactones) is 2. The summed E-state index contributed by atoms with van der Waals surface area (Å²) in [4.78, 5) is 29.0. The van der Waals surface area contributed by atoms with E-state index in [-0.39, 0.29) is 41.4 Å². The van der Waals surface area contributed by atoms with E-state index < -0.39 is 5.41 Å². The zero-order chi connectivity index (χ0) is 37.7. The Hall–Kier alpha value is -4.72. The Balaban J connectivity index is 1.18. The molecule has 0 aromatic heterocycles. The molecule has 7 heteroatoms. The molecule has 1 spiro atoms. The lowest BCUT2D eigenvalue weighted by Crippen LogP contribution is -2.52. The SMILES string of the molecule is CC[C@H](C=C1OC(=O)C2=C(c3cc(O)ccc3-c3ccccc3)[C@@H]3CC[C@]12[C@H]1C2=C(CC[C@H]31)C(=CCC[C@H]1CCN[C@H](NC)C1)OC2=O)Cc1ccccc1. The maximum Gasteiger partial charge on any atom is 0.340 e. The number of esters is 2. The molecule has 10 rings (SSSR count). The second-order valence-corrected chi connectivity index (χ2v) is 16.6. The van der Waals surface area contributed by atoms with Crippen molar-refractivity contribution in [3.8, 4) is 16.9 Å². The highest BCUT2D eigenvalue weighted by molar-refractivity contribution is 6.07. The number of carbonyl (C=O) groups excluding carboxylic acids is 2. The molecule has 7 aliphatic rings. The van der Waals surface area contributed by atoms with Crippen molar-refractivity contribution in [1.82, 2.24) is 10.6 Å². The van der Waals surface area contributed by atoms with Crippen LogP contribution in [-0.2, 0) is 25.5 Å². The second-order valence-electron chi connectivity index (χ2n) is 16.6. The topological polar surface area (TPSA) is 96.9 Å². The fourth-order valence-corrected chi connectivity index (χ4v) is 11.2. The number of piperidine rings is 1. The van der Waals surface area contributed by atoms with E-state index in [1.54, 1.807) is 6.07 Å². The van der Waals surface area contributed by atoms with E-state index in [9.17, 15) is 14.7 Å². The van der Waals surface area contributed by atoms with Gasteiger partial charge in [0.2, 0.25) is 0 Å². The monoisotopic (exact) mass is 736 g/mol. The molecule has 2 saturated heterocycles. The molecule has 2 bridgehead atoms. The van der Waals surface area contributed by atoms with Crippen molar-refractivity contribution in [3.63, 3.8) is 0 Å². The molecule has 3 heterocycles. The molecule has 0 amide bonds. The van der Waals surface area contributed by atoms with E-state index in [1.165, 1.54) is 5.56 Å². The average molecular weight is 737 g/mol. The third kappa shape index (κ3) is 6.20. The first kappa shape index (κ1) is 35.9. The largest absolute Gasteiger partial charge is 0.508 e. The number of ether oxygens (including phenoxy) is 2. The molecule has 3 aromatic carbocycles. The Morgan fingerprint density at radius 1 is 0.945 bits per heavy atom. The Morgan fingerprint density at radius 3 is 2.53 bits per heavy atom. The van der Waals surface area contributed by atoms with E-state index in [4.69, 9.17) is 9.47 Å². The lowest BCUT2D eigenvalue weighted by atomic mass is 9.44. The van der Waals surface area contributed by atoms with Crippen molar-refractivity contribution < 1.29 is 24.2 Å². The van der Waals surface area contributed by atoms with E-state index in [0.29, 0.717) is 23.4 Å². The number of benzene rings is 3. The molecule has 7 atom stereocenters. The first-order valence-corrected chi connectivity index (χ1v) is 20.6. The number of allylic oxidation sites excluding steroid dienone is 5. The van der Waals surface area contributed by atoms with Gasteiger partial charge in [0.15, 0.2) is 0 Å². The van der Waals surface area contributed by atoms with Gasteiger partial charge in [-0.05, 0) is 154 Å². The Labute approximate surface area is 324 Å². The highest BCUT2D eigenvalue weighted by Gasteiger charge is 2.68. The smallest absolute Gasteiger partial charge is 0.340 e. The van der Waals surface area contributed by atoms with Crippen molar-refractivity contribution in [3.05, 3.63) is 130 Å². The molecule has 7 nitrogen and oxygen atoms in total. The number of phenols is 1. The number of hydrogen-bond acceptors (Lipinski definition) is 7. The molecule has 3 fully saturated rings. The second kappa shape index (κ2) is 14.7. The normalized spacial score (nSPS) is 30.3. The van der Waals surface area contributed by atoms with Crippen LogP contribution in [0.3, 0.4) is 0 Å². The molecule has 1 saturated carbocycles. The van der Waals surface area contributed by atoms with Gasteiger partial charge in [0.1, 0.15) is 17.3 Å². The average Bonchev–Trinajstić information content (AvgIpc) is 3.70. The van der Waals surface area contributed by atoms with Crippen LogP contribution in [0, 0.1) is 35.0 Å². The van der Waals surface area contributed by atoms with E-state index >= 15 is 0 Å². The van der Waals surface area contributed by atoms with E-state index in [1.807, 2.05) is 43.4 Å². The summed E-state index contributed by atoms with van der Waals surface area (Å²) in [6.45, 7) is 3.20. The van der Waals surface area contributed by atoms with Crippen LogP contribution in [0.5, 0.6) is 5.75 Å². The minimum absolute atomic E-state index is 0.0271. The van der Waals surface area contributed by atoms with Gasteiger partial charge in [-0.15, -0.1) is 0 Å². The van der Waals surface area contributed by atoms with E-state index in [0.717, 1.165) is 110 Å². The van der Waals surface area contributed by atoms with Crippen LogP contribution in [0.15, 0.2) is 119 Å². The van der Waals surface area contributed by atoms with Crippen LogP contribution in [0.4, 0.5) is 0 Å². The number of fused-ring (bicyclic) bond motifs is 1. The van der Waals surface area contributed by atoms with Gasteiger partial charge in [0.25, 0.3) is 0 Å². The third-order valence-electron chi connectivity index (χ3n) is 13.7. The van der Waals surface area contributed by atoms with Gasteiger partial charge >= 0.3 is 11.9 Å². The predicted molar refractivity (Wildman–Crippen MR) is 214 cm³/mol. The van der Waals surface area contributed by atoms with Crippen molar-refractivity contribution in [2.45, 2.75) is 77.3 Å². The Bertz CT molecular complexity index is 2120. The number of phenolic OH excluding ortho intramolecular Hbond substituents is 1. The summed E-state index contributed by atoms with van der Waals surface area (Å²) in [5.41, 5.74) is 6.80. The Morgan fingerprint density at radius 2 is 1.75 bits per heavy atom. The van der Waals surface area contributed by atoms with Crippen molar-refractivity contribution >= 4 is 17.5 Å². The van der Waals surface area contributed by atoms with Crippen LogP contribution in [0.2, 0.25) is 0 Å². The van der Waals surface area contributed by atoms with Crippen LogP contribution in [0.25, 0.3) is 16.7 Å². The molecular weight excluding hydrogens is 685 g/mol. The van der Waals surface area contributed by atoms with Gasteiger partial charge in [-0.2, -0.15) is 0 Å². The summed E-state index contributed by atoms with van der Waals surface area (Å²) in [5, 5.41) is 17.9. The summed E-state index contributed by atoms with van der Waals surface area (Å²) >= 11 is 0. The summed E-state index contributed by atoms with van der Waals surface area (Å²) < 4.78 is 12.8. The summed E-state index contributed by atoms with van der Waals surface area (Å²) in [6, 6.07) is 26.2. The van der Waals surface area contributed by atoms with Gasteiger partial charge in [-0.25, -0.2) is 9.59 Å². The van der Waals surface area contributed by atoms with E-state index in [2.05, 4.69) is 66.1 Å². The zero-order valence-electron chi connectivity index (χ0n) is 32.0. The first-order chi connectivity index (χ1) is 26.9. The number of hydrogen-bond donors (Lipinski definition) is 3. The van der Waals surface area contributed by atoms with Crippen molar-refractivity contribution in [1.29, 1.82) is 0 Å². The van der Waals surface area contributed by atoms with Crippen molar-refractivity contribution in [2.24, 2.45) is 35.0 Å². The van der Waals surface area contributed by atoms with Crippen LogP contribution >= 0.6 is 0 Å². The van der Waals surface area contributed by atoms with Crippen molar-refractivity contribution in [2.75, 3.05) is 13.6 Å². The number of aromatic hydroxyl groups is 1. The van der Waals surface area contributed by atoms with Crippen LogP contribution in [0.1, 0.15) is 75.8 Å². The quantitative estimate of drug-likeness (QED) is 0.179. The predicted octanol–water partition coefficient (Wildman–Crippen LogP) is 9.02. The molecule has 0 radical (unpaired) electrons. The molecule has 4 aliphatic carbocycles. The number of rotatable bonds is 10. The standard InChI is InChI=1S/C48H52N2O5/c1-3-29(25-30-11-6-4-7-12-30)26-40-48-23-21-35(42(45(48)47(53)55-40)38-28-33(51)17-18-34(38)32-14-8-5-9-15-32)36-19-20-37-39(54-46(52)43(37)44(36)48)16-10-13-31-22-24-50-41(27-31)49-2/h4-9,11-12,14-18,26,28-29,31,35-36,41,44,49-51H,3,10,13,19-25,27H2,1-2H3/t29-,31-,35+,36+,41-,44+,48+/m0/s1. The molecule has 3 aromatic rings. The summed E-state index contributed by atoms with van der Waals surface area (Å²) in [7, 11) is 2.01. The molecule has 284 valence electrons. The zero-order valence-corrected chi connectivity index (χ0v) is 32.0. The van der Waals surface area contributed by atoms with Gasteiger partial charge < -0.3 is 25.2 Å². The lowest BCUT2D eigenvalue weighted by molar-refractivity contribution is -0.135. The maximum absolute atomic E-state index is 14.7. The van der Waals surface area contributed by atoms with Gasteiger partial charge in [0.05, 0.1) is 17.2 Å². The van der Waals surface area contributed by atoms with Gasteiger partial charge in [-0.3, -0.25) is 0 Å². The molecule has 0 unspecified atom stereocenters. The minimum atomic E-state index is -0.803. The number of carbonyl (C=O) groups is 2. The van der Waals surface area contributed by atoms with Gasteiger partial charge in [0, 0.05) is 17.1 Å². The molecule has 55 heavy (non-hydrogen) atoms. The fraction of sp³-hybridized carbons (Fsp3) is 0.417. The van der Waals surface area contributed by atoms with Crippen LogP contribution in [-0.4, -0.2) is 36.8 Å². The molecule has 3 aliphatic heterocycles. The lowest BCUT2D eigenvalue weighted by Gasteiger charge is -2.56. The summed E-state index contributed by atoms with van der Waals surface area (Å²) in [6.07, 6.45) is 13.9. The molecule has 3 N–H and O–H groups in total. The maximum atomic E-state index is 14.7. The highest BCUT2D eigenvalue weighted by Crippen LogP contribution is 2.72.